The maximum Gasteiger partial charge on any atom is 0.240 e. The van der Waals surface area contributed by atoms with Gasteiger partial charge in [0, 0.05) is 12.2 Å². The van der Waals surface area contributed by atoms with Crippen LogP contribution < -0.4 is 19.5 Å². The molecule has 162 valence electrons. The molecule has 0 fully saturated rings. The second-order valence-corrected chi connectivity index (χ2v) is 9.35. The molecule has 3 rings (SSSR count). The van der Waals surface area contributed by atoms with E-state index in [4.69, 9.17) is 9.47 Å². The summed E-state index contributed by atoms with van der Waals surface area (Å²) in [7, 11) is -3.70. The molecule has 1 heterocycles. The van der Waals surface area contributed by atoms with Crippen LogP contribution in [0.15, 0.2) is 41.3 Å². The van der Waals surface area contributed by atoms with Gasteiger partial charge in [0.05, 0.1) is 23.5 Å². The maximum absolute atomic E-state index is 12.8. The predicted molar refractivity (Wildman–Crippen MR) is 116 cm³/mol. The van der Waals surface area contributed by atoms with Crippen LogP contribution in [-0.2, 0) is 26.7 Å². The maximum atomic E-state index is 12.8. The Morgan fingerprint density at radius 3 is 2.40 bits per heavy atom. The molecule has 1 aliphatic rings. The number of nitrogens with one attached hydrogen (secondary N) is 2. The van der Waals surface area contributed by atoms with Crippen molar-refractivity contribution in [2.45, 2.75) is 44.4 Å². The minimum atomic E-state index is -3.70. The van der Waals surface area contributed by atoms with E-state index >= 15 is 0 Å². The molecule has 2 aromatic carbocycles. The Labute approximate surface area is 177 Å². The first-order valence-corrected chi connectivity index (χ1v) is 11.5. The fourth-order valence-corrected chi connectivity index (χ4v) is 4.44. The van der Waals surface area contributed by atoms with E-state index in [1.807, 2.05) is 32.0 Å². The van der Waals surface area contributed by atoms with Crippen LogP contribution in [0, 0.1) is 0 Å². The molecule has 1 aliphatic heterocycles. The highest BCUT2D eigenvalue weighted by Gasteiger charge is 2.39. The van der Waals surface area contributed by atoms with E-state index in [0.717, 1.165) is 5.56 Å². The zero-order valence-corrected chi connectivity index (χ0v) is 18.6. The molecule has 0 aromatic heterocycles. The summed E-state index contributed by atoms with van der Waals surface area (Å²) in [6.45, 7) is 8.65. The molecule has 30 heavy (non-hydrogen) atoms. The highest BCUT2D eigenvalue weighted by Crippen LogP contribution is 2.38. The lowest BCUT2D eigenvalue weighted by Crippen LogP contribution is -2.28. The van der Waals surface area contributed by atoms with Crippen molar-refractivity contribution in [3.63, 3.8) is 0 Å². The number of ether oxygens (including phenoxy) is 2. The van der Waals surface area contributed by atoms with Gasteiger partial charge in [-0.15, -0.1) is 0 Å². The second-order valence-electron chi connectivity index (χ2n) is 7.58. The zero-order chi connectivity index (χ0) is 21.9. The van der Waals surface area contributed by atoms with Crippen molar-refractivity contribution in [1.29, 1.82) is 0 Å². The van der Waals surface area contributed by atoms with Crippen LogP contribution in [0.25, 0.3) is 0 Å². The van der Waals surface area contributed by atoms with Gasteiger partial charge in [-0.25, -0.2) is 13.1 Å². The van der Waals surface area contributed by atoms with Crippen molar-refractivity contribution in [2.75, 3.05) is 25.1 Å². The van der Waals surface area contributed by atoms with Crippen molar-refractivity contribution in [1.82, 2.24) is 4.72 Å². The minimum Gasteiger partial charge on any atom is -0.490 e. The Balaban J connectivity index is 1.70. The van der Waals surface area contributed by atoms with E-state index in [1.165, 1.54) is 6.07 Å². The van der Waals surface area contributed by atoms with Gasteiger partial charge in [0.2, 0.25) is 15.9 Å². The summed E-state index contributed by atoms with van der Waals surface area (Å²) in [5.74, 6) is 1.19. The number of carbonyl (C=O) groups excluding carboxylic acids is 1. The van der Waals surface area contributed by atoms with Gasteiger partial charge in [-0.2, -0.15) is 0 Å². The molecule has 0 atom stereocenters. The average Bonchev–Trinajstić information content (AvgIpc) is 2.92. The van der Waals surface area contributed by atoms with E-state index in [9.17, 15) is 13.2 Å². The standard InChI is InChI=1S/C22H28N2O5S/c1-5-28-19-10-7-15(13-20(19)29-6-2)11-12-23-30(26,27)16-8-9-18-17(14-16)22(3,4)21(25)24-18/h7-10,13-14,23H,5-6,11-12H2,1-4H3,(H,24,25). The molecular formula is C22H28N2O5S. The molecule has 0 aliphatic carbocycles. The highest BCUT2D eigenvalue weighted by molar-refractivity contribution is 7.89. The van der Waals surface area contributed by atoms with Crippen molar-refractivity contribution < 1.29 is 22.7 Å². The van der Waals surface area contributed by atoms with Crippen LogP contribution in [0.2, 0.25) is 0 Å². The highest BCUT2D eigenvalue weighted by atomic mass is 32.2. The molecule has 7 nitrogen and oxygen atoms in total. The van der Waals surface area contributed by atoms with Gasteiger partial charge < -0.3 is 14.8 Å². The number of benzene rings is 2. The Kier molecular flexibility index (Phi) is 6.38. The number of rotatable bonds is 9. The molecule has 0 spiro atoms. The van der Waals surface area contributed by atoms with E-state index in [0.29, 0.717) is 42.4 Å². The van der Waals surface area contributed by atoms with Gasteiger partial charge in [-0.3, -0.25) is 4.79 Å². The quantitative estimate of drug-likeness (QED) is 0.635. The number of hydrogen-bond acceptors (Lipinski definition) is 5. The molecule has 2 aromatic rings. The van der Waals surface area contributed by atoms with Gasteiger partial charge in [0.15, 0.2) is 11.5 Å². The predicted octanol–water partition coefficient (Wildman–Crippen LogP) is 3.23. The summed E-state index contributed by atoms with van der Waals surface area (Å²) < 4.78 is 39.3. The van der Waals surface area contributed by atoms with Crippen molar-refractivity contribution in [2.24, 2.45) is 0 Å². The van der Waals surface area contributed by atoms with E-state index in [1.54, 1.807) is 26.0 Å². The largest absolute Gasteiger partial charge is 0.490 e. The fraction of sp³-hybridized carbons (Fsp3) is 0.409. The Hall–Kier alpha value is -2.58. The molecule has 2 N–H and O–H groups in total. The summed E-state index contributed by atoms with van der Waals surface area (Å²) in [6.07, 6.45) is 0.502. The lowest BCUT2D eigenvalue weighted by atomic mass is 9.86. The molecule has 8 heteroatoms. The van der Waals surface area contributed by atoms with Crippen LogP contribution in [0.3, 0.4) is 0 Å². The third kappa shape index (κ3) is 4.44. The fourth-order valence-electron chi connectivity index (χ4n) is 3.38. The van der Waals surface area contributed by atoms with Gasteiger partial charge in [-0.1, -0.05) is 6.07 Å². The number of sulfonamides is 1. The number of amides is 1. The van der Waals surface area contributed by atoms with Crippen LogP contribution in [0.5, 0.6) is 11.5 Å². The first-order valence-electron chi connectivity index (χ1n) is 10.0. The minimum absolute atomic E-state index is 0.138. The Morgan fingerprint density at radius 2 is 1.70 bits per heavy atom. The van der Waals surface area contributed by atoms with E-state index in [2.05, 4.69) is 10.0 Å². The zero-order valence-electron chi connectivity index (χ0n) is 17.7. The van der Waals surface area contributed by atoms with Gasteiger partial charge in [-0.05, 0) is 75.6 Å². The molecule has 0 unspecified atom stereocenters. The van der Waals surface area contributed by atoms with Crippen LogP contribution >= 0.6 is 0 Å². The van der Waals surface area contributed by atoms with Crippen LogP contribution in [0.4, 0.5) is 5.69 Å². The third-order valence-electron chi connectivity index (χ3n) is 5.10. The number of fused-ring (bicyclic) bond motifs is 1. The summed E-state index contributed by atoms with van der Waals surface area (Å²) in [5.41, 5.74) is 1.51. The average molecular weight is 433 g/mol. The molecule has 0 bridgehead atoms. The number of carbonyl (C=O) groups is 1. The smallest absolute Gasteiger partial charge is 0.240 e. The second kappa shape index (κ2) is 8.65. The molecule has 1 amide bonds. The number of hydrogen-bond donors (Lipinski definition) is 2. The van der Waals surface area contributed by atoms with Crippen LogP contribution in [-0.4, -0.2) is 34.1 Å². The van der Waals surface area contributed by atoms with Gasteiger partial charge in [0.25, 0.3) is 0 Å². The normalized spacial score (nSPS) is 14.9. The first-order chi connectivity index (χ1) is 14.2. The Morgan fingerprint density at radius 1 is 1.00 bits per heavy atom. The topological polar surface area (TPSA) is 93.7 Å². The van der Waals surface area contributed by atoms with Gasteiger partial charge in [0.1, 0.15) is 0 Å². The van der Waals surface area contributed by atoms with Gasteiger partial charge >= 0.3 is 0 Å². The van der Waals surface area contributed by atoms with Crippen molar-refractivity contribution in [3.8, 4) is 11.5 Å². The summed E-state index contributed by atoms with van der Waals surface area (Å²) in [5, 5.41) is 2.78. The molecular weight excluding hydrogens is 404 g/mol. The number of anilines is 1. The monoisotopic (exact) mass is 432 g/mol. The summed E-state index contributed by atoms with van der Waals surface area (Å²) in [6, 6.07) is 10.3. The summed E-state index contributed by atoms with van der Waals surface area (Å²) in [4.78, 5) is 12.2. The SMILES string of the molecule is CCOc1ccc(CCNS(=O)(=O)c2ccc3c(c2)C(C)(C)C(=O)N3)cc1OCC. The first kappa shape index (κ1) is 22.1. The molecule has 0 saturated heterocycles. The molecule has 0 saturated carbocycles. The molecule has 0 radical (unpaired) electrons. The Bertz CT molecular complexity index is 1050. The van der Waals surface area contributed by atoms with Crippen molar-refractivity contribution >= 4 is 21.6 Å². The lowest BCUT2D eigenvalue weighted by Gasteiger charge is -2.16. The lowest BCUT2D eigenvalue weighted by molar-refractivity contribution is -0.119. The third-order valence-corrected chi connectivity index (χ3v) is 6.56. The van der Waals surface area contributed by atoms with Crippen molar-refractivity contribution in [3.05, 3.63) is 47.5 Å². The summed E-state index contributed by atoms with van der Waals surface area (Å²) >= 11 is 0. The van der Waals surface area contributed by atoms with E-state index < -0.39 is 15.4 Å². The van der Waals surface area contributed by atoms with E-state index in [-0.39, 0.29) is 17.3 Å². The van der Waals surface area contributed by atoms with Crippen LogP contribution in [0.1, 0.15) is 38.8 Å².